The first-order valence-electron chi connectivity index (χ1n) is 7.98. The molecule has 0 radical (unpaired) electrons. The van der Waals surface area contributed by atoms with Crippen LogP contribution in [-0.4, -0.2) is 15.9 Å². The molecule has 1 N–H and O–H groups in total. The van der Waals surface area contributed by atoms with Gasteiger partial charge in [-0.25, -0.2) is 4.98 Å². The van der Waals surface area contributed by atoms with E-state index in [1.807, 2.05) is 41.8 Å². The number of rotatable bonds is 6. The summed E-state index contributed by atoms with van der Waals surface area (Å²) < 4.78 is 0. The summed E-state index contributed by atoms with van der Waals surface area (Å²) in [5.41, 5.74) is 4.02. The SMILES string of the molecule is CCc1ccc(NC(=O)CCc2nc(-c3cccnc3)cs2)cc1. The highest BCUT2D eigenvalue weighted by atomic mass is 32.1. The van der Waals surface area contributed by atoms with Gasteiger partial charge in [-0.3, -0.25) is 9.78 Å². The second-order valence-corrected chi connectivity index (χ2v) is 6.41. The van der Waals surface area contributed by atoms with Gasteiger partial charge < -0.3 is 5.32 Å². The molecule has 0 unspecified atom stereocenters. The number of nitrogens with zero attached hydrogens (tertiary/aromatic N) is 2. The molecule has 122 valence electrons. The van der Waals surface area contributed by atoms with E-state index >= 15 is 0 Å². The second-order valence-electron chi connectivity index (χ2n) is 5.47. The summed E-state index contributed by atoms with van der Waals surface area (Å²) in [5, 5.41) is 5.90. The third-order valence-corrected chi connectivity index (χ3v) is 4.63. The Bertz CT molecular complexity index is 797. The summed E-state index contributed by atoms with van der Waals surface area (Å²) in [7, 11) is 0. The zero-order valence-corrected chi connectivity index (χ0v) is 14.3. The summed E-state index contributed by atoms with van der Waals surface area (Å²) in [6.07, 6.45) is 5.61. The van der Waals surface area contributed by atoms with Gasteiger partial charge in [-0.2, -0.15) is 0 Å². The van der Waals surface area contributed by atoms with Gasteiger partial charge in [-0.1, -0.05) is 19.1 Å². The minimum absolute atomic E-state index is 0.0115. The van der Waals surface area contributed by atoms with Crippen molar-refractivity contribution in [3.63, 3.8) is 0 Å². The number of nitrogens with one attached hydrogen (secondary N) is 1. The number of carbonyl (C=O) groups is 1. The molecule has 3 aromatic rings. The lowest BCUT2D eigenvalue weighted by molar-refractivity contribution is -0.116. The molecule has 0 saturated carbocycles. The first-order valence-corrected chi connectivity index (χ1v) is 8.86. The van der Waals surface area contributed by atoms with Crippen LogP contribution in [0.15, 0.2) is 54.2 Å². The first kappa shape index (κ1) is 16.3. The first-order chi connectivity index (χ1) is 11.7. The number of aromatic nitrogens is 2. The number of thiazole rings is 1. The molecule has 0 aliphatic heterocycles. The molecule has 1 aromatic carbocycles. The molecule has 2 aromatic heterocycles. The molecule has 0 bridgehead atoms. The average molecular weight is 337 g/mol. The quantitative estimate of drug-likeness (QED) is 0.728. The van der Waals surface area contributed by atoms with Crippen LogP contribution in [0, 0.1) is 0 Å². The van der Waals surface area contributed by atoms with Gasteiger partial charge in [-0.05, 0) is 36.2 Å². The molecule has 1 amide bonds. The van der Waals surface area contributed by atoms with Gasteiger partial charge in [0.05, 0.1) is 10.7 Å². The molecular formula is C19H19N3OS. The van der Waals surface area contributed by atoms with E-state index in [1.54, 1.807) is 23.7 Å². The molecule has 0 aliphatic carbocycles. The van der Waals surface area contributed by atoms with Crippen LogP contribution < -0.4 is 5.32 Å². The Kier molecular flexibility index (Phi) is 5.33. The van der Waals surface area contributed by atoms with Crippen LogP contribution in [0.5, 0.6) is 0 Å². The number of pyridine rings is 1. The summed E-state index contributed by atoms with van der Waals surface area (Å²) in [6, 6.07) is 11.8. The van der Waals surface area contributed by atoms with Crippen LogP contribution in [0.4, 0.5) is 5.69 Å². The Morgan fingerprint density at radius 1 is 1.21 bits per heavy atom. The standard InChI is InChI=1S/C19H19N3OS/c1-2-14-5-7-16(8-6-14)21-18(23)9-10-19-22-17(13-24-19)15-4-3-11-20-12-15/h3-8,11-13H,2,9-10H2,1H3,(H,21,23). The lowest BCUT2D eigenvalue weighted by Crippen LogP contribution is -2.12. The fourth-order valence-corrected chi connectivity index (χ4v) is 3.15. The van der Waals surface area contributed by atoms with Gasteiger partial charge in [0.15, 0.2) is 0 Å². The topological polar surface area (TPSA) is 54.9 Å². The predicted molar refractivity (Wildman–Crippen MR) is 98.1 cm³/mol. The minimum atomic E-state index is 0.0115. The van der Waals surface area contributed by atoms with Crippen molar-refractivity contribution in [2.45, 2.75) is 26.2 Å². The van der Waals surface area contributed by atoms with E-state index in [9.17, 15) is 4.79 Å². The highest BCUT2D eigenvalue weighted by Crippen LogP contribution is 2.21. The molecule has 4 nitrogen and oxygen atoms in total. The van der Waals surface area contributed by atoms with E-state index in [4.69, 9.17) is 0 Å². The summed E-state index contributed by atoms with van der Waals surface area (Å²) in [6.45, 7) is 2.11. The zero-order valence-electron chi connectivity index (χ0n) is 13.5. The molecule has 24 heavy (non-hydrogen) atoms. The molecule has 0 fully saturated rings. The van der Waals surface area contributed by atoms with Crippen LogP contribution in [0.25, 0.3) is 11.3 Å². The number of hydrogen-bond donors (Lipinski definition) is 1. The van der Waals surface area contributed by atoms with Crippen molar-refractivity contribution in [3.8, 4) is 11.3 Å². The van der Waals surface area contributed by atoms with Crippen molar-refractivity contribution < 1.29 is 4.79 Å². The van der Waals surface area contributed by atoms with Gasteiger partial charge in [0.2, 0.25) is 5.91 Å². The Hall–Kier alpha value is -2.53. The maximum atomic E-state index is 12.1. The van der Waals surface area contributed by atoms with Crippen molar-refractivity contribution >= 4 is 22.9 Å². The molecule has 0 saturated heterocycles. The molecule has 3 rings (SSSR count). The Morgan fingerprint density at radius 3 is 2.75 bits per heavy atom. The average Bonchev–Trinajstić information content (AvgIpc) is 3.10. The van der Waals surface area contributed by atoms with Crippen LogP contribution in [0.1, 0.15) is 23.9 Å². The minimum Gasteiger partial charge on any atom is -0.326 e. The Balaban J connectivity index is 1.53. The van der Waals surface area contributed by atoms with E-state index < -0.39 is 0 Å². The molecule has 0 spiro atoms. The number of carbonyl (C=O) groups excluding carboxylic acids is 1. The van der Waals surface area contributed by atoms with Crippen molar-refractivity contribution in [2.75, 3.05) is 5.32 Å². The molecule has 0 aliphatic rings. The van der Waals surface area contributed by atoms with E-state index in [2.05, 4.69) is 22.2 Å². The van der Waals surface area contributed by atoms with Crippen molar-refractivity contribution in [1.82, 2.24) is 9.97 Å². The number of amides is 1. The molecule has 5 heteroatoms. The summed E-state index contributed by atoms with van der Waals surface area (Å²) >= 11 is 1.58. The molecule has 2 heterocycles. The smallest absolute Gasteiger partial charge is 0.224 e. The Labute approximate surface area is 145 Å². The highest BCUT2D eigenvalue weighted by Gasteiger charge is 2.08. The van der Waals surface area contributed by atoms with Gasteiger partial charge in [0.25, 0.3) is 0 Å². The van der Waals surface area contributed by atoms with Crippen molar-refractivity contribution in [2.24, 2.45) is 0 Å². The Morgan fingerprint density at radius 2 is 2.04 bits per heavy atom. The summed E-state index contributed by atoms with van der Waals surface area (Å²) in [4.78, 5) is 20.8. The zero-order chi connectivity index (χ0) is 16.8. The van der Waals surface area contributed by atoms with Crippen LogP contribution in [0.3, 0.4) is 0 Å². The second kappa shape index (κ2) is 7.84. The monoisotopic (exact) mass is 337 g/mol. The number of aryl methyl sites for hydroxylation is 2. The summed E-state index contributed by atoms with van der Waals surface area (Å²) in [5.74, 6) is 0.0115. The van der Waals surface area contributed by atoms with Crippen molar-refractivity contribution in [1.29, 1.82) is 0 Å². The van der Waals surface area contributed by atoms with Gasteiger partial charge in [0, 0.05) is 41.9 Å². The van der Waals surface area contributed by atoms with Crippen LogP contribution in [0.2, 0.25) is 0 Å². The molecular weight excluding hydrogens is 318 g/mol. The van der Waals surface area contributed by atoms with Gasteiger partial charge in [0.1, 0.15) is 0 Å². The third kappa shape index (κ3) is 4.26. The normalized spacial score (nSPS) is 10.5. The fourth-order valence-electron chi connectivity index (χ4n) is 2.34. The number of anilines is 1. The predicted octanol–water partition coefficient (Wildman–Crippen LogP) is 4.34. The lowest BCUT2D eigenvalue weighted by Gasteiger charge is -2.05. The van der Waals surface area contributed by atoms with E-state index in [0.717, 1.165) is 28.4 Å². The van der Waals surface area contributed by atoms with Crippen LogP contribution >= 0.6 is 11.3 Å². The van der Waals surface area contributed by atoms with E-state index in [1.165, 1.54) is 5.56 Å². The molecule has 0 atom stereocenters. The highest BCUT2D eigenvalue weighted by molar-refractivity contribution is 7.09. The fraction of sp³-hybridized carbons (Fsp3) is 0.211. The maximum absolute atomic E-state index is 12.1. The lowest BCUT2D eigenvalue weighted by atomic mass is 10.1. The number of benzene rings is 1. The van der Waals surface area contributed by atoms with Gasteiger partial charge in [-0.15, -0.1) is 11.3 Å². The van der Waals surface area contributed by atoms with Crippen LogP contribution in [-0.2, 0) is 17.6 Å². The third-order valence-electron chi connectivity index (χ3n) is 3.72. The van der Waals surface area contributed by atoms with Gasteiger partial charge >= 0.3 is 0 Å². The maximum Gasteiger partial charge on any atom is 0.224 e. The largest absolute Gasteiger partial charge is 0.326 e. The number of hydrogen-bond acceptors (Lipinski definition) is 4. The van der Waals surface area contributed by atoms with E-state index in [0.29, 0.717) is 12.8 Å². The van der Waals surface area contributed by atoms with E-state index in [-0.39, 0.29) is 5.91 Å². The van der Waals surface area contributed by atoms with Crippen molar-refractivity contribution in [3.05, 3.63) is 64.7 Å².